The molecule has 0 aliphatic carbocycles. The molecular weight excluding hydrogens is 291 g/mol. The van der Waals surface area contributed by atoms with Gasteiger partial charge >= 0.3 is 0 Å². The van der Waals surface area contributed by atoms with Gasteiger partial charge in [0, 0.05) is 11.9 Å². The van der Waals surface area contributed by atoms with Crippen molar-refractivity contribution in [3.8, 4) is 0 Å². The molecule has 2 aliphatic heterocycles. The summed E-state index contributed by atoms with van der Waals surface area (Å²) in [6.07, 6.45) is 1.34. The first kappa shape index (κ1) is 13.3. The number of hydrogen-bond donors (Lipinski definition) is 1. The second kappa shape index (κ2) is 4.54. The SMILES string of the molecule is O=C1CN(C(=O)c2ccc(F)c3occc23)C2(CN1)COC2. The van der Waals surface area contributed by atoms with Crippen LogP contribution in [0.1, 0.15) is 10.4 Å². The lowest BCUT2D eigenvalue weighted by Gasteiger charge is -2.51. The van der Waals surface area contributed by atoms with Gasteiger partial charge in [0.25, 0.3) is 5.91 Å². The van der Waals surface area contributed by atoms with E-state index in [1.165, 1.54) is 23.3 Å². The summed E-state index contributed by atoms with van der Waals surface area (Å²) in [4.78, 5) is 26.1. The van der Waals surface area contributed by atoms with Crippen LogP contribution in [0.25, 0.3) is 11.0 Å². The third-order valence-electron chi connectivity index (χ3n) is 4.27. The van der Waals surface area contributed by atoms with Gasteiger partial charge in [0.1, 0.15) is 12.1 Å². The van der Waals surface area contributed by atoms with Crippen LogP contribution in [0.4, 0.5) is 4.39 Å². The minimum Gasteiger partial charge on any atom is -0.461 e. The molecule has 0 saturated carbocycles. The second-order valence-electron chi connectivity index (χ2n) is 5.64. The summed E-state index contributed by atoms with van der Waals surface area (Å²) in [5.74, 6) is -1.05. The number of nitrogens with zero attached hydrogens (tertiary/aromatic N) is 1. The van der Waals surface area contributed by atoms with Crippen LogP contribution in [0.15, 0.2) is 28.9 Å². The fourth-order valence-corrected chi connectivity index (χ4v) is 2.97. The maximum atomic E-state index is 13.7. The molecule has 1 aromatic carbocycles. The summed E-state index contributed by atoms with van der Waals surface area (Å²) >= 11 is 0. The lowest BCUT2D eigenvalue weighted by Crippen LogP contribution is -2.73. The molecule has 2 amide bonds. The molecule has 1 N–H and O–H groups in total. The molecule has 0 atom stereocenters. The average Bonchev–Trinajstić information content (AvgIpc) is 2.95. The normalized spacial score (nSPS) is 20.0. The number of carbonyl (C=O) groups excluding carboxylic acids is 2. The minimum atomic E-state index is -0.519. The van der Waals surface area contributed by atoms with Gasteiger partial charge in [-0.15, -0.1) is 0 Å². The van der Waals surface area contributed by atoms with Crippen molar-refractivity contribution in [2.45, 2.75) is 5.54 Å². The number of nitrogens with one attached hydrogen (secondary N) is 1. The third-order valence-corrected chi connectivity index (χ3v) is 4.27. The number of amides is 2. The molecule has 6 nitrogen and oxygen atoms in total. The summed E-state index contributed by atoms with van der Waals surface area (Å²) in [5.41, 5.74) is -0.132. The Morgan fingerprint density at radius 2 is 2.14 bits per heavy atom. The van der Waals surface area contributed by atoms with Crippen molar-refractivity contribution < 1.29 is 23.1 Å². The Bertz CT molecular complexity index is 781. The van der Waals surface area contributed by atoms with Crippen LogP contribution in [0.3, 0.4) is 0 Å². The largest absolute Gasteiger partial charge is 0.461 e. The van der Waals surface area contributed by atoms with Gasteiger partial charge in [-0.3, -0.25) is 9.59 Å². The van der Waals surface area contributed by atoms with Crippen molar-refractivity contribution in [3.63, 3.8) is 0 Å². The van der Waals surface area contributed by atoms with Gasteiger partial charge in [-0.1, -0.05) is 0 Å². The van der Waals surface area contributed by atoms with Gasteiger partial charge in [0.15, 0.2) is 11.4 Å². The van der Waals surface area contributed by atoms with Gasteiger partial charge < -0.3 is 19.4 Å². The van der Waals surface area contributed by atoms with Crippen LogP contribution in [-0.4, -0.2) is 48.6 Å². The Kier molecular flexibility index (Phi) is 2.74. The van der Waals surface area contributed by atoms with E-state index < -0.39 is 11.4 Å². The molecule has 1 spiro atoms. The average molecular weight is 304 g/mol. The molecule has 2 aromatic rings. The van der Waals surface area contributed by atoms with Crippen LogP contribution in [0.5, 0.6) is 0 Å². The van der Waals surface area contributed by atoms with Gasteiger partial charge in [-0.25, -0.2) is 4.39 Å². The number of hydrogen-bond acceptors (Lipinski definition) is 4. The van der Waals surface area contributed by atoms with Gasteiger partial charge in [-0.2, -0.15) is 0 Å². The Morgan fingerprint density at radius 3 is 2.86 bits per heavy atom. The maximum Gasteiger partial charge on any atom is 0.255 e. The first-order chi connectivity index (χ1) is 10.6. The molecule has 2 fully saturated rings. The highest BCUT2D eigenvalue weighted by Gasteiger charge is 2.50. The highest BCUT2D eigenvalue weighted by molar-refractivity contribution is 6.07. The molecule has 22 heavy (non-hydrogen) atoms. The maximum absolute atomic E-state index is 13.7. The number of rotatable bonds is 1. The van der Waals surface area contributed by atoms with E-state index in [0.29, 0.717) is 30.7 Å². The zero-order valence-corrected chi connectivity index (χ0v) is 11.6. The van der Waals surface area contributed by atoms with Crippen molar-refractivity contribution in [2.75, 3.05) is 26.3 Å². The fraction of sp³-hybridized carbons (Fsp3) is 0.333. The first-order valence-electron chi connectivity index (χ1n) is 6.93. The summed E-state index contributed by atoms with van der Waals surface area (Å²) in [6.45, 7) is 1.11. The molecule has 4 rings (SSSR count). The number of benzene rings is 1. The molecule has 2 aliphatic rings. The van der Waals surface area contributed by atoms with Crippen molar-refractivity contribution in [2.24, 2.45) is 0 Å². The molecular formula is C15H13FN2O4. The van der Waals surface area contributed by atoms with E-state index in [1.807, 2.05) is 0 Å². The van der Waals surface area contributed by atoms with E-state index in [4.69, 9.17) is 9.15 Å². The molecule has 7 heteroatoms. The number of halogens is 1. The molecule has 1 aromatic heterocycles. The van der Waals surface area contributed by atoms with Crippen LogP contribution in [0, 0.1) is 5.82 Å². The Labute approximate surface area is 124 Å². The zero-order chi connectivity index (χ0) is 15.3. The third kappa shape index (κ3) is 1.75. The second-order valence-corrected chi connectivity index (χ2v) is 5.64. The standard InChI is InChI=1S/C15H13FN2O4/c16-11-2-1-10(9-3-4-22-13(9)11)14(20)18-5-12(19)17-6-15(18)7-21-8-15/h1-4H,5-8H2,(H,17,19). The van der Waals surface area contributed by atoms with Gasteiger partial charge in [0.2, 0.25) is 5.91 Å². The van der Waals surface area contributed by atoms with Crippen molar-refractivity contribution in [3.05, 3.63) is 35.8 Å². The van der Waals surface area contributed by atoms with E-state index in [0.717, 1.165) is 0 Å². The lowest BCUT2D eigenvalue weighted by atomic mass is 9.91. The van der Waals surface area contributed by atoms with E-state index in [1.54, 1.807) is 6.07 Å². The Balaban J connectivity index is 1.77. The summed E-state index contributed by atoms with van der Waals surface area (Å²) in [7, 11) is 0. The topological polar surface area (TPSA) is 71.8 Å². The van der Waals surface area contributed by atoms with Gasteiger partial charge in [0.05, 0.1) is 25.0 Å². The Morgan fingerprint density at radius 1 is 1.32 bits per heavy atom. The number of fused-ring (bicyclic) bond motifs is 1. The van der Waals surface area contributed by atoms with Crippen molar-refractivity contribution in [1.29, 1.82) is 0 Å². The van der Waals surface area contributed by atoms with E-state index in [-0.39, 0.29) is 23.9 Å². The molecule has 2 saturated heterocycles. The predicted molar refractivity (Wildman–Crippen MR) is 73.8 cm³/mol. The summed E-state index contributed by atoms with van der Waals surface area (Å²) < 4.78 is 24.0. The zero-order valence-electron chi connectivity index (χ0n) is 11.6. The highest BCUT2D eigenvalue weighted by atomic mass is 19.1. The fourth-order valence-electron chi connectivity index (χ4n) is 2.97. The van der Waals surface area contributed by atoms with Crippen LogP contribution in [-0.2, 0) is 9.53 Å². The smallest absolute Gasteiger partial charge is 0.255 e. The number of furan rings is 1. The van der Waals surface area contributed by atoms with E-state index >= 15 is 0 Å². The number of ether oxygens (including phenoxy) is 1. The van der Waals surface area contributed by atoms with Crippen LogP contribution in [0.2, 0.25) is 0 Å². The van der Waals surface area contributed by atoms with E-state index in [2.05, 4.69) is 5.32 Å². The van der Waals surface area contributed by atoms with Crippen LogP contribution < -0.4 is 5.32 Å². The number of carbonyl (C=O) groups is 2. The summed E-state index contributed by atoms with van der Waals surface area (Å²) in [5, 5.41) is 3.17. The van der Waals surface area contributed by atoms with Crippen LogP contribution >= 0.6 is 0 Å². The van der Waals surface area contributed by atoms with Crippen molar-refractivity contribution >= 4 is 22.8 Å². The minimum absolute atomic E-state index is 0.0289. The van der Waals surface area contributed by atoms with Crippen molar-refractivity contribution in [1.82, 2.24) is 10.2 Å². The monoisotopic (exact) mass is 304 g/mol. The molecule has 114 valence electrons. The summed E-state index contributed by atoms with van der Waals surface area (Å²) in [6, 6.07) is 4.18. The first-order valence-corrected chi connectivity index (χ1v) is 6.93. The van der Waals surface area contributed by atoms with E-state index in [9.17, 15) is 14.0 Å². The number of piperazine rings is 1. The quantitative estimate of drug-likeness (QED) is 0.850. The van der Waals surface area contributed by atoms with Gasteiger partial charge in [-0.05, 0) is 18.2 Å². The molecule has 3 heterocycles. The Hall–Kier alpha value is -2.41. The molecule has 0 bridgehead atoms. The molecule has 0 unspecified atom stereocenters. The molecule has 0 radical (unpaired) electrons. The predicted octanol–water partition coefficient (Wildman–Crippen LogP) is 0.913. The lowest BCUT2D eigenvalue weighted by molar-refractivity contribution is -0.152. The highest BCUT2D eigenvalue weighted by Crippen LogP contribution is 2.31.